The minimum Gasteiger partial charge on any atom is -0.348 e. The zero-order valence-corrected chi connectivity index (χ0v) is 15.3. The molecule has 154 valence electrons. The quantitative estimate of drug-likeness (QED) is 0.152. The summed E-state index contributed by atoms with van der Waals surface area (Å²) in [5.74, 6) is -6.68. The lowest BCUT2D eigenvalue weighted by Crippen LogP contribution is -2.89. The third-order valence-corrected chi connectivity index (χ3v) is 5.67. The van der Waals surface area contributed by atoms with Gasteiger partial charge in [0.1, 0.15) is 11.5 Å². The molecule has 2 aliphatic rings. The van der Waals surface area contributed by atoms with E-state index in [-0.39, 0.29) is 36.7 Å². The summed E-state index contributed by atoms with van der Waals surface area (Å²) in [6.07, 6.45) is 1.96. The third-order valence-electron chi connectivity index (χ3n) is 5.67. The number of carbonyl (C=O) groups is 3. The largest absolute Gasteiger partial charge is 0.348 e. The fourth-order valence-corrected chi connectivity index (χ4v) is 4.11. The van der Waals surface area contributed by atoms with E-state index in [1.54, 1.807) is 0 Å². The maximum absolute atomic E-state index is 12.7. The summed E-state index contributed by atoms with van der Waals surface area (Å²) in [6.45, 7) is 1.50. The third kappa shape index (κ3) is 3.29. The van der Waals surface area contributed by atoms with Gasteiger partial charge in [-0.3, -0.25) is 14.4 Å². The number of aliphatic hydroxyl groups is 4. The van der Waals surface area contributed by atoms with E-state index in [2.05, 4.69) is 5.32 Å². The molecule has 0 aromatic heterocycles. The van der Waals surface area contributed by atoms with Crippen molar-refractivity contribution < 1.29 is 34.8 Å². The van der Waals surface area contributed by atoms with Crippen LogP contribution in [-0.4, -0.2) is 85.9 Å². The van der Waals surface area contributed by atoms with Gasteiger partial charge in [-0.15, -0.1) is 0 Å². The van der Waals surface area contributed by atoms with Crippen molar-refractivity contribution in [1.29, 1.82) is 0 Å². The van der Waals surface area contributed by atoms with Crippen molar-refractivity contribution >= 4 is 18.2 Å². The fourth-order valence-electron chi connectivity index (χ4n) is 4.11. The zero-order chi connectivity index (χ0) is 20.5. The van der Waals surface area contributed by atoms with Crippen LogP contribution >= 0.6 is 0 Å². The number of amides is 3. The summed E-state index contributed by atoms with van der Waals surface area (Å²) in [5.41, 5.74) is 3.65. The molecule has 3 amide bonds. The van der Waals surface area contributed by atoms with Crippen molar-refractivity contribution in [1.82, 2.24) is 15.1 Å². The molecule has 2 saturated heterocycles. The molecule has 2 fully saturated rings. The Morgan fingerprint density at radius 3 is 2.15 bits per heavy atom. The highest BCUT2D eigenvalue weighted by Crippen LogP contribution is 2.60. The first-order chi connectivity index (χ1) is 12.6. The molecule has 2 heterocycles. The summed E-state index contributed by atoms with van der Waals surface area (Å²) >= 11 is 0. The Morgan fingerprint density at radius 2 is 1.70 bits per heavy atom. The molecule has 1 spiro atoms. The molecule has 0 radical (unpaired) electrons. The number of likely N-dealkylation sites (tertiary alicyclic amines) is 2. The molecule has 0 aliphatic carbocycles. The lowest BCUT2D eigenvalue weighted by atomic mass is 9.63. The van der Waals surface area contributed by atoms with Gasteiger partial charge in [-0.05, 0) is 38.6 Å². The molecular formula is C16H28N4O7. The van der Waals surface area contributed by atoms with Crippen LogP contribution in [0.4, 0.5) is 0 Å². The number of unbranched alkanes of at least 4 members (excludes halogenated alkanes) is 1. The van der Waals surface area contributed by atoms with Gasteiger partial charge < -0.3 is 36.4 Å². The number of piperidine rings is 1. The first kappa shape index (κ1) is 21.5. The Labute approximate surface area is 156 Å². The Kier molecular flexibility index (Phi) is 6.12. The lowest BCUT2D eigenvalue weighted by molar-refractivity contribution is -0.548. The molecule has 1 atom stereocenters. The second-order valence-electron chi connectivity index (χ2n) is 7.15. The van der Waals surface area contributed by atoms with E-state index in [9.17, 15) is 34.8 Å². The topological polar surface area (TPSA) is 177 Å². The van der Waals surface area contributed by atoms with E-state index in [4.69, 9.17) is 5.73 Å². The first-order valence-corrected chi connectivity index (χ1v) is 8.95. The monoisotopic (exact) mass is 388 g/mol. The average molecular weight is 388 g/mol. The van der Waals surface area contributed by atoms with Gasteiger partial charge in [-0.2, -0.15) is 0 Å². The Balaban J connectivity index is 2.06. The highest BCUT2D eigenvalue weighted by Gasteiger charge is 2.80. The second-order valence-corrected chi connectivity index (χ2v) is 7.15. The van der Waals surface area contributed by atoms with Crippen LogP contribution < -0.4 is 11.1 Å². The molecule has 7 N–H and O–H groups in total. The Hall–Kier alpha value is -1.79. The molecule has 0 bridgehead atoms. The molecule has 2 rings (SSSR count). The summed E-state index contributed by atoms with van der Waals surface area (Å²) in [7, 11) is 0. The number of hydrogen-bond donors (Lipinski definition) is 6. The molecule has 0 aromatic rings. The van der Waals surface area contributed by atoms with Crippen LogP contribution in [0.2, 0.25) is 0 Å². The van der Waals surface area contributed by atoms with Crippen LogP contribution in [0.3, 0.4) is 0 Å². The molecule has 0 saturated carbocycles. The zero-order valence-electron chi connectivity index (χ0n) is 15.3. The molecule has 0 aromatic carbocycles. The van der Waals surface area contributed by atoms with E-state index in [0.29, 0.717) is 32.2 Å². The van der Waals surface area contributed by atoms with E-state index in [1.807, 2.05) is 0 Å². The lowest BCUT2D eigenvalue weighted by Gasteiger charge is -2.68. The number of rotatable bonds is 7. The standard InChI is InChI=1S/C16H28N4O7/c1-11(22)20-15(24,25)14(16(20,26)27)5-8-19(9-6-14)13(23)12(18-10-21)4-2-3-7-17/h10,12,24-27H,2-9,17H2,1H3,(H,18,21). The van der Waals surface area contributed by atoms with Crippen LogP contribution in [0.25, 0.3) is 0 Å². The van der Waals surface area contributed by atoms with Crippen LogP contribution in [0.5, 0.6) is 0 Å². The van der Waals surface area contributed by atoms with Crippen molar-refractivity contribution in [3.8, 4) is 0 Å². The predicted octanol–water partition coefficient (Wildman–Crippen LogP) is -3.02. The summed E-state index contributed by atoms with van der Waals surface area (Å²) < 4.78 is 0. The van der Waals surface area contributed by atoms with Crippen LogP contribution in [0.15, 0.2) is 0 Å². The van der Waals surface area contributed by atoms with Gasteiger partial charge in [0.05, 0.1) is 0 Å². The van der Waals surface area contributed by atoms with Crippen molar-refractivity contribution in [2.75, 3.05) is 19.6 Å². The van der Waals surface area contributed by atoms with Gasteiger partial charge in [-0.1, -0.05) is 0 Å². The number of carbonyl (C=O) groups excluding carboxylic acids is 3. The Bertz CT molecular complexity index is 569. The van der Waals surface area contributed by atoms with E-state index < -0.39 is 29.2 Å². The highest BCUT2D eigenvalue weighted by molar-refractivity contribution is 5.84. The average Bonchev–Trinajstić information content (AvgIpc) is 2.59. The smallest absolute Gasteiger partial charge is 0.266 e. The molecular weight excluding hydrogens is 360 g/mol. The van der Waals surface area contributed by atoms with Crippen molar-refractivity contribution in [3.05, 3.63) is 0 Å². The van der Waals surface area contributed by atoms with E-state index in [1.165, 1.54) is 4.90 Å². The molecule has 11 heteroatoms. The molecule has 11 nitrogen and oxygen atoms in total. The number of nitrogens with one attached hydrogen (secondary N) is 1. The SMILES string of the molecule is CC(=O)N1C(O)(O)C2(CCN(C(=O)C(CCCCN)NC=O)CC2)C1(O)O. The maximum Gasteiger partial charge on any atom is 0.266 e. The normalized spacial score (nSPS) is 23.5. The number of nitrogens with zero attached hydrogens (tertiary/aromatic N) is 2. The number of nitrogens with two attached hydrogens (primary N) is 1. The summed E-state index contributed by atoms with van der Waals surface area (Å²) in [5, 5.41) is 43.6. The molecule has 1 unspecified atom stereocenters. The maximum atomic E-state index is 12.7. The highest BCUT2D eigenvalue weighted by atomic mass is 16.6. The second kappa shape index (κ2) is 7.68. The first-order valence-electron chi connectivity index (χ1n) is 8.95. The van der Waals surface area contributed by atoms with E-state index in [0.717, 1.165) is 6.92 Å². The van der Waals surface area contributed by atoms with Gasteiger partial charge in [-0.25, -0.2) is 4.90 Å². The van der Waals surface area contributed by atoms with Crippen molar-refractivity contribution in [3.63, 3.8) is 0 Å². The van der Waals surface area contributed by atoms with Crippen LogP contribution in [0.1, 0.15) is 39.0 Å². The predicted molar refractivity (Wildman–Crippen MR) is 91.0 cm³/mol. The van der Waals surface area contributed by atoms with Gasteiger partial charge in [0.15, 0.2) is 0 Å². The fraction of sp³-hybridized carbons (Fsp3) is 0.812. The van der Waals surface area contributed by atoms with Crippen molar-refractivity contribution in [2.24, 2.45) is 11.1 Å². The molecule has 2 aliphatic heterocycles. The van der Waals surface area contributed by atoms with Gasteiger partial charge in [0.25, 0.3) is 11.8 Å². The van der Waals surface area contributed by atoms with Gasteiger partial charge in [0.2, 0.25) is 18.2 Å². The van der Waals surface area contributed by atoms with Crippen LogP contribution in [-0.2, 0) is 14.4 Å². The van der Waals surface area contributed by atoms with Crippen LogP contribution in [0, 0.1) is 5.41 Å². The van der Waals surface area contributed by atoms with Gasteiger partial charge in [0, 0.05) is 20.0 Å². The van der Waals surface area contributed by atoms with Gasteiger partial charge >= 0.3 is 0 Å². The van der Waals surface area contributed by atoms with Crippen molar-refractivity contribution in [2.45, 2.75) is 56.9 Å². The summed E-state index contributed by atoms with van der Waals surface area (Å²) in [4.78, 5) is 36.6. The summed E-state index contributed by atoms with van der Waals surface area (Å²) in [6, 6.07) is -0.723. The molecule has 27 heavy (non-hydrogen) atoms. The Morgan fingerprint density at radius 1 is 1.15 bits per heavy atom. The van der Waals surface area contributed by atoms with E-state index >= 15 is 0 Å². The number of hydrogen-bond acceptors (Lipinski definition) is 8. The minimum atomic E-state index is -2.72. The minimum absolute atomic E-state index is 0.0181.